The topological polar surface area (TPSA) is 25.8 Å². The van der Waals surface area contributed by atoms with Crippen molar-refractivity contribution in [1.82, 2.24) is 9.97 Å². The van der Waals surface area contributed by atoms with Gasteiger partial charge in [-0.15, -0.1) is 0 Å². The lowest BCUT2D eigenvalue weighted by molar-refractivity contribution is 0.486. The molecule has 3 heteroatoms. The van der Waals surface area contributed by atoms with Crippen LogP contribution in [0.5, 0.6) is 0 Å². The Morgan fingerprint density at radius 2 is 1.30 bits per heavy atom. The van der Waals surface area contributed by atoms with Crippen LogP contribution in [0.1, 0.15) is 64.2 Å². The van der Waals surface area contributed by atoms with Gasteiger partial charge < -0.3 is 0 Å². The zero-order valence-electron chi connectivity index (χ0n) is 14.0. The molecule has 2 aromatic rings. The fraction of sp³-hybridized carbons (Fsp3) is 0.600. The predicted octanol–water partition coefficient (Wildman–Crippen LogP) is 5.40. The largest absolute Gasteiger partial charge is 0.252 e. The third kappa shape index (κ3) is 3.43. The first-order chi connectivity index (χ1) is 11.4. The fourth-order valence-corrected chi connectivity index (χ4v) is 8.06. The molecule has 2 aliphatic carbocycles. The number of rotatable bonds is 3. The van der Waals surface area contributed by atoms with Gasteiger partial charge in [0, 0.05) is 0 Å². The minimum atomic E-state index is -0.139. The molecule has 0 bridgehead atoms. The summed E-state index contributed by atoms with van der Waals surface area (Å²) in [5.41, 5.74) is 5.27. The average molecular weight is 326 g/mol. The SMILES string of the molecule is c1ccc2nc(P(C3CCCCC3)C3CCCCC3)cnc2c1. The van der Waals surface area contributed by atoms with Crippen LogP contribution in [0.25, 0.3) is 11.0 Å². The molecule has 1 aromatic carbocycles. The van der Waals surface area contributed by atoms with E-state index in [1.807, 2.05) is 0 Å². The first-order valence-corrected chi connectivity index (χ1v) is 10.9. The summed E-state index contributed by atoms with van der Waals surface area (Å²) in [6.45, 7) is 0. The molecule has 0 spiro atoms. The molecule has 0 unspecified atom stereocenters. The summed E-state index contributed by atoms with van der Waals surface area (Å²) >= 11 is 0. The third-order valence-electron chi connectivity index (χ3n) is 5.64. The number of hydrogen-bond acceptors (Lipinski definition) is 2. The van der Waals surface area contributed by atoms with Crippen molar-refractivity contribution in [3.8, 4) is 0 Å². The highest BCUT2D eigenvalue weighted by molar-refractivity contribution is 7.66. The van der Waals surface area contributed by atoms with Crippen LogP contribution >= 0.6 is 7.92 Å². The molecule has 0 atom stereocenters. The Labute approximate surface area is 140 Å². The van der Waals surface area contributed by atoms with E-state index in [4.69, 9.17) is 9.97 Å². The van der Waals surface area contributed by atoms with Gasteiger partial charge in [-0.05, 0) is 57.1 Å². The Bertz CT molecular complexity index is 627. The first kappa shape index (κ1) is 15.5. The fourth-order valence-electron chi connectivity index (χ4n) is 4.46. The normalized spacial score (nSPS) is 21.1. The molecule has 4 rings (SSSR count). The number of benzene rings is 1. The molecule has 0 amide bonds. The summed E-state index contributed by atoms with van der Waals surface area (Å²) in [5.74, 6) is 0. The lowest BCUT2D eigenvalue weighted by Gasteiger charge is -2.37. The molecule has 122 valence electrons. The van der Waals surface area contributed by atoms with Gasteiger partial charge in [-0.3, -0.25) is 4.98 Å². The molecule has 0 aliphatic heterocycles. The maximum Gasteiger partial charge on any atom is 0.0894 e. The van der Waals surface area contributed by atoms with E-state index in [9.17, 15) is 0 Å². The van der Waals surface area contributed by atoms with Gasteiger partial charge in [0.25, 0.3) is 0 Å². The molecular formula is C20H27N2P. The molecule has 0 saturated heterocycles. The van der Waals surface area contributed by atoms with E-state index in [0.717, 1.165) is 22.4 Å². The van der Waals surface area contributed by atoms with E-state index in [-0.39, 0.29) is 7.92 Å². The highest BCUT2D eigenvalue weighted by Crippen LogP contribution is 2.54. The highest BCUT2D eigenvalue weighted by atomic mass is 31.1. The molecule has 0 N–H and O–H groups in total. The number of hydrogen-bond donors (Lipinski definition) is 0. The minimum absolute atomic E-state index is 0.139. The predicted molar refractivity (Wildman–Crippen MR) is 99.8 cm³/mol. The Hall–Kier alpha value is -1.01. The van der Waals surface area contributed by atoms with Crippen LogP contribution < -0.4 is 5.44 Å². The smallest absolute Gasteiger partial charge is 0.0894 e. The van der Waals surface area contributed by atoms with Gasteiger partial charge in [0.2, 0.25) is 0 Å². The quantitative estimate of drug-likeness (QED) is 0.706. The summed E-state index contributed by atoms with van der Waals surface area (Å²) < 4.78 is 0. The molecule has 0 radical (unpaired) electrons. The van der Waals surface area contributed by atoms with E-state index in [2.05, 4.69) is 30.5 Å². The average Bonchev–Trinajstić information content (AvgIpc) is 2.64. The Morgan fingerprint density at radius 1 is 0.739 bits per heavy atom. The van der Waals surface area contributed by atoms with Gasteiger partial charge in [0.15, 0.2) is 0 Å². The van der Waals surface area contributed by atoms with Crippen molar-refractivity contribution in [3.05, 3.63) is 30.5 Å². The molecule has 1 heterocycles. The minimum Gasteiger partial charge on any atom is -0.252 e. The van der Waals surface area contributed by atoms with Gasteiger partial charge in [-0.1, -0.05) is 50.7 Å². The molecule has 2 saturated carbocycles. The zero-order valence-corrected chi connectivity index (χ0v) is 14.8. The van der Waals surface area contributed by atoms with Crippen molar-refractivity contribution in [2.75, 3.05) is 0 Å². The van der Waals surface area contributed by atoms with Crippen LogP contribution in [0.3, 0.4) is 0 Å². The third-order valence-corrected chi connectivity index (χ3v) is 8.99. The van der Waals surface area contributed by atoms with E-state index in [0.29, 0.717) is 0 Å². The summed E-state index contributed by atoms with van der Waals surface area (Å²) in [5, 5.41) is 0. The van der Waals surface area contributed by atoms with Crippen molar-refractivity contribution < 1.29 is 0 Å². The van der Waals surface area contributed by atoms with Gasteiger partial charge in [-0.2, -0.15) is 0 Å². The Balaban J connectivity index is 1.69. The van der Waals surface area contributed by atoms with E-state index in [1.54, 1.807) is 0 Å². The molecule has 23 heavy (non-hydrogen) atoms. The summed E-state index contributed by atoms with van der Waals surface area (Å²) in [6, 6.07) is 8.35. The van der Waals surface area contributed by atoms with Crippen LogP contribution in [0, 0.1) is 0 Å². The van der Waals surface area contributed by atoms with Gasteiger partial charge in [0.05, 0.1) is 22.7 Å². The van der Waals surface area contributed by atoms with Crippen LogP contribution in [0.15, 0.2) is 30.5 Å². The van der Waals surface area contributed by atoms with Crippen molar-refractivity contribution in [2.45, 2.75) is 75.5 Å². The standard InChI is InChI=1S/C20H27N2P/c1-3-9-16(10-4-1)23(17-11-5-2-6-12-17)20-15-21-18-13-7-8-14-19(18)22-20/h7-8,13-17H,1-6,9-12H2. The Kier molecular flexibility index (Phi) is 4.90. The molecule has 2 aliphatic rings. The van der Waals surface area contributed by atoms with Crippen molar-refractivity contribution in [1.29, 1.82) is 0 Å². The number of para-hydroxylation sites is 2. The van der Waals surface area contributed by atoms with E-state index in [1.165, 1.54) is 69.6 Å². The van der Waals surface area contributed by atoms with Gasteiger partial charge >= 0.3 is 0 Å². The highest BCUT2D eigenvalue weighted by Gasteiger charge is 2.33. The Morgan fingerprint density at radius 3 is 1.91 bits per heavy atom. The number of aromatic nitrogens is 2. The van der Waals surface area contributed by atoms with Gasteiger partial charge in [-0.25, -0.2) is 4.98 Å². The number of fused-ring (bicyclic) bond motifs is 1. The zero-order chi connectivity index (χ0) is 15.5. The van der Waals surface area contributed by atoms with Crippen LogP contribution in [0.4, 0.5) is 0 Å². The van der Waals surface area contributed by atoms with Gasteiger partial charge in [0.1, 0.15) is 0 Å². The van der Waals surface area contributed by atoms with Crippen LogP contribution in [0.2, 0.25) is 0 Å². The number of nitrogens with zero attached hydrogens (tertiary/aromatic N) is 2. The van der Waals surface area contributed by atoms with Crippen molar-refractivity contribution >= 4 is 24.4 Å². The second-order valence-electron chi connectivity index (χ2n) is 7.21. The lowest BCUT2D eigenvalue weighted by atomic mass is 9.99. The summed E-state index contributed by atoms with van der Waals surface area (Å²) in [6.07, 6.45) is 16.4. The monoisotopic (exact) mass is 326 g/mol. The van der Waals surface area contributed by atoms with E-state index >= 15 is 0 Å². The van der Waals surface area contributed by atoms with Crippen molar-refractivity contribution in [3.63, 3.8) is 0 Å². The molecular weight excluding hydrogens is 299 g/mol. The molecule has 2 fully saturated rings. The first-order valence-electron chi connectivity index (χ1n) is 9.42. The molecule has 1 aromatic heterocycles. The lowest BCUT2D eigenvalue weighted by Crippen LogP contribution is -2.27. The van der Waals surface area contributed by atoms with Crippen LogP contribution in [-0.4, -0.2) is 21.3 Å². The summed E-state index contributed by atoms with van der Waals surface area (Å²) in [7, 11) is -0.139. The molecule has 2 nitrogen and oxygen atoms in total. The second-order valence-corrected chi connectivity index (χ2v) is 9.94. The second kappa shape index (κ2) is 7.26. The maximum atomic E-state index is 5.09. The maximum absolute atomic E-state index is 5.09. The van der Waals surface area contributed by atoms with Crippen molar-refractivity contribution in [2.24, 2.45) is 0 Å². The van der Waals surface area contributed by atoms with Crippen LogP contribution in [-0.2, 0) is 0 Å². The van der Waals surface area contributed by atoms with E-state index < -0.39 is 0 Å². The summed E-state index contributed by atoms with van der Waals surface area (Å²) in [4.78, 5) is 9.84.